The standard InChI is InChI=1S/C19H19NS/c1-19(16-8-7-14-9-10-21-18(14)11-16)13-20(2)12-15-5-3-4-6-17(15)19/h3-11H,12-13H2,1-2H3. The van der Waals surface area contributed by atoms with E-state index in [0.717, 1.165) is 13.1 Å². The molecule has 1 nitrogen and oxygen atoms in total. The molecule has 0 radical (unpaired) electrons. The predicted molar refractivity (Wildman–Crippen MR) is 91.1 cm³/mol. The van der Waals surface area contributed by atoms with Gasteiger partial charge in [-0.1, -0.05) is 43.3 Å². The molecule has 0 aliphatic carbocycles. The maximum Gasteiger partial charge on any atom is 0.0345 e. The molecule has 0 saturated heterocycles. The highest BCUT2D eigenvalue weighted by molar-refractivity contribution is 7.17. The second kappa shape index (κ2) is 4.69. The van der Waals surface area contributed by atoms with Gasteiger partial charge in [-0.15, -0.1) is 11.3 Å². The molecule has 0 spiro atoms. The zero-order chi connectivity index (χ0) is 14.4. The predicted octanol–water partition coefficient (Wildman–Crippen LogP) is 4.65. The van der Waals surface area contributed by atoms with Gasteiger partial charge in [-0.05, 0) is 46.6 Å². The first-order valence-corrected chi connectivity index (χ1v) is 8.29. The van der Waals surface area contributed by atoms with Gasteiger partial charge < -0.3 is 4.90 Å². The Hall–Kier alpha value is -1.64. The zero-order valence-corrected chi connectivity index (χ0v) is 13.3. The van der Waals surface area contributed by atoms with Gasteiger partial charge in [0, 0.05) is 23.2 Å². The Morgan fingerprint density at radius 3 is 2.86 bits per heavy atom. The van der Waals surface area contributed by atoms with Crippen LogP contribution in [0.1, 0.15) is 23.6 Å². The molecular formula is C19H19NS. The van der Waals surface area contributed by atoms with Crippen molar-refractivity contribution in [1.29, 1.82) is 0 Å². The van der Waals surface area contributed by atoms with E-state index in [0.29, 0.717) is 0 Å². The minimum Gasteiger partial charge on any atom is -0.301 e. The molecule has 1 atom stereocenters. The van der Waals surface area contributed by atoms with Crippen LogP contribution in [0.15, 0.2) is 53.9 Å². The molecule has 0 N–H and O–H groups in total. The fourth-order valence-corrected chi connectivity index (χ4v) is 4.54. The van der Waals surface area contributed by atoms with Gasteiger partial charge >= 0.3 is 0 Å². The third-order valence-corrected chi connectivity index (χ3v) is 5.61. The van der Waals surface area contributed by atoms with Gasteiger partial charge in [0.15, 0.2) is 0 Å². The van der Waals surface area contributed by atoms with Crippen molar-refractivity contribution in [2.45, 2.75) is 18.9 Å². The van der Waals surface area contributed by atoms with Crippen LogP contribution in [0.5, 0.6) is 0 Å². The Labute approximate surface area is 129 Å². The van der Waals surface area contributed by atoms with Crippen molar-refractivity contribution in [2.24, 2.45) is 0 Å². The summed E-state index contributed by atoms with van der Waals surface area (Å²) in [5.41, 5.74) is 4.44. The Morgan fingerprint density at radius 1 is 1.10 bits per heavy atom. The molecule has 3 aromatic rings. The molecule has 21 heavy (non-hydrogen) atoms. The number of hydrogen-bond acceptors (Lipinski definition) is 2. The highest BCUT2D eigenvalue weighted by atomic mass is 32.1. The van der Waals surface area contributed by atoms with E-state index >= 15 is 0 Å². The van der Waals surface area contributed by atoms with Crippen molar-refractivity contribution in [3.05, 3.63) is 70.6 Å². The van der Waals surface area contributed by atoms with Crippen LogP contribution in [0.2, 0.25) is 0 Å². The molecule has 1 aromatic heterocycles. The summed E-state index contributed by atoms with van der Waals surface area (Å²) in [6.07, 6.45) is 0. The van der Waals surface area contributed by atoms with E-state index in [2.05, 4.69) is 72.8 Å². The van der Waals surface area contributed by atoms with Gasteiger partial charge in [0.2, 0.25) is 0 Å². The number of benzene rings is 2. The van der Waals surface area contributed by atoms with E-state index in [-0.39, 0.29) is 5.41 Å². The number of fused-ring (bicyclic) bond motifs is 2. The molecule has 1 aliphatic heterocycles. The molecule has 2 heteroatoms. The van der Waals surface area contributed by atoms with Crippen LogP contribution in [0, 0.1) is 0 Å². The summed E-state index contributed by atoms with van der Waals surface area (Å²) in [5, 5.41) is 3.53. The quantitative estimate of drug-likeness (QED) is 0.631. The average Bonchev–Trinajstić information content (AvgIpc) is 2.94. The molecule has 4 rings (SSSR count). The van der Waals surface area contributed by atoms with E-state index in [4.69, 9.17) is 0 Å². The first kappa shape index (κ1) is 13.1. The van der Waals surface area contributed by atoms with E-state index in [1.165, 1.54) is 26.8 Å². The number of nitrogens with zero attached hydrogens (tertiary/aromatic N) is 1. The van der Waals surface area contributed by atoms with Crippen LogP contribution in [-0.2, 0) is 12.0 Å². The maximum atomic E-state index is 2.43. The van der Waals surface area contributed by atoms with Gasteiger partial charge in [0.05, 0.1) is 0 Å². The molecule has 2 heterocycles. The molecule has 1 aliphatic rings. The fourth-order valence-electron chi connectivity index (χ4n) is 3.71. The van der Waals surface area contributed by atoms with Gasteiger partial charge in [-0.2, -0.15) is 0 Å². The van der Waals surface area contributed by atoms with Crippen LogP contribution in [0.3, 0.4) is 0 Å². The summed E-state index contributed by atoms with van der Waals surface area (Å²) in [7, 11) is 2.22. The van der Waals surface area contributed by atoms with E-state index < -0.39 is 0 Å². The second-order valence-corrected chi connectivity index (χ2v) is 7.28. The van der Waals surface area contributed by atoms with Crippen molar-refractivity contribution < 1.29 is 0 Å². The van der Waals surface area contributed by atoms with Gasteiger partial charge in [0.1, 0.15) is 0 Å². The first-order chi connectivity index (χ1) is 10.2. The van der Waals surface area contributed by atoms with Crippen molar-refractivity contribution >= 4 is 21.4 Å². The summed E-state index contributed by atoms with van der Waals surface area (Å²) in [6, 6.07) is 18.1. The summed E-state index contributed by atoms with van der Waals surface area (Å²) >= 11 is 1.83. The monoisotopic (exact) mass is 293 g/mol. The largest absolute Gasteiger partial charge is 0.301 e. The van der Waals surface area contributed by atoms with Crippen LogP contribution < -0.4 is 0 Å². The van der Waals surface area contributed by atoms with Crippen molar-refractivity contribution in [3.63, 3.8) is 0 Å². The summed E-state index contributed by atoms with van der Waals surface area (Å²) in [5.74, 6) is 0. The third kappa shape index (κ3) is 2.02. The molecule has 0 fully saturated rings. The highest BCUT2D eigenvalue weighted by Crippen LogP contribution is 2.40. The summed E-state index contributed by atoms with van der Waals surface area (Å²) in [6.45, 7) is 4.50. The molecule has 0 saturated carbocycles. The van der Waals surface area contributed by atoms with Gasteiger partial charge in [0.25, 0.3) is 0 Å². The van der Waals surface area contributed by atoms with E-state index in [9.17, 15) is 0 Å². The van der Waals surface area contributed by atoms with Crippen LogP contribution >= 0.6 is 11.3 Å². The highest BCUT2D eigenvalue weighted by Gasteiger charge is 2.35. The summed E-state index contributed by atoms with van der Waals surface area (Å²) in [4.78, 5) is 2.43. The molecule has 106 valence electrons. The third-order valence-electron chi connectivity index (χ3n) is 4.73. The Morgan fingerprint density at radius 2 is 1.95 bits per heavy atom. The van der Waals surface area contributed by atoms with Gasteiger partial charge in [-0.3, -0.25) is 0 Å². The molecule has 0 bridgehead atoms. The van der Waals surface area contributed by atoms with E-state index in [1.807, 2.05) is 11.3 Å². The average molecular weight is 293 g/mol. The van der Waals surface area contributed by atoms with E-state index in [1.54, 1.807) is 0 Å². The Bertz CT molecular complexity index is 804. The van der Waals surface area contributed by atoms with Crippen molar-refractivity contribution in [2.75, 3.05) is 13.6 Å². The lowest BCUT2D eigenvalue weighted by molar-refractivity contribution is 0.248. The number of thiophene rings is 1. The van der Waals surface area contributed by atoms with Crippen molar-refractivity contribution in [3.8, 4) is 0 Å². The van der Waals surface area contributed by atoms with Gasteiger partial charge in [-0.25, -0.2) is 0 Å². The Balaban J connectivity index is 1.92. The number of hydrogen-bond donors (Lipinski definition) is 0. The lowest BCUT2D eigenvalue weighted by Gasteiger charge is -2.41. The number of rotatable bonds is 1. The first-order valence-electron chi connectivity index (χ1n) is 7.41. The van der Waals surface area contributed by atoms with Crippen LogP contribution in [0.25, 0.3) is 10.1 Å². The lowest BCUT2D eigenvalue weighted by Crippen LogP contribution is -2.42. The molecule has 0 amide bonds. The SMILES string of the molecule is CN1Cc2ccccc2C(C)(c2ccc3ccsc3c2)C1. The number of likely N-dealkylation sites (N-methyl/N-ethyl adjacent to an activating group) is 1. The minimum absolute atomic E-state index is 0.0712. The molecule has 2 aromatic carbocycles. The Kier molecular flexibility index (Phi) is 2.91. The zero-order valence-electron chi connectivity index (χ0n) is 12.5. The molecular weight excluding hydrogens is 274 g/mol. The smallest absolute Gasteiger partial charge is 0.0345 e. The lowest BCUT2D eigenvalue weighted by atomic mass is 9.72. The topological polar surface area (TPSA) is 3.24 Å². The molecule has 1 unspecified atom stereocenters. The fraction of sp³-hybridized carbons (Fsp3) is 0.263. The minimum atomic E-state index is 0.0712. The normalized spacial score (nSPS) is 22.4. The van der Waals surface area contributed by atoms with Crippen LogP contribution in [-0.4, -0.2) is 18.5 Å². The second-order valence-electron chi connectivity index (χ2n) is 6.33. The van der Waals surface area contributed by atoms with Crippen LogP contribution in [0.4, 0.5) is 0 Å². The summed E-state index contributed by atoms with van der Waals surface area (Å²) < 4.78 is 1.39. The maximum absolute atomic E-state index is 2.43. The van der Waals surface area contributed by atoms with Crippen molar-refractivity contribution in [1.82, 2.24) is 4.90 Å².